The molecule has 0 saturated carbocycles. The van der Waals surface area contributed by atoms with Gasteiger partial charge < -0.3 is 16.3 Å². The Balaban J connectivity index is 2.78. The molecule has 0 spiro atoms. The fraction of sp³-hybridized carbons (Fsp3) is 0.364. The Morgan fingerprint density at radius 3 is 2.88 bits per heavy atom. The second kappa shape index (κ2) is 5.83. The van der Waals surface area contributed by atoms with Gasteiger partial charge in [-0.1, -0.05) is 18.1 Å². The lowest BCUT2D eigenvalue weighted by atomic mass is 10.2. The molecule has 0 aliphatic heterocycles. The van der Waals surface area contributed by atoms with Crippen LogP contribution >= 0.6 is 0 Å². The van der Waals surface area contributed by atoms with E-state index < -0.39 is 6.04 Å². The molecule has 0 bridgehead atoms. The lowest BCUT2D eigenvalue weighted by Gasteiger charge is -2.14. The summed E-state index contributed by atoms with van der Waals surface area (Å²) in [5.74, 6) is -0.361. The first-order chi connectivity index (χ1) is 8.08. The number of amides is 1. The second-order valence-electron chi connectivity index (χ2n) is 3.62. The van der Waals surface area contributed by atoms with Crippen molar-refractivity contribution in [1.29, 1.82) is 0 Å². The van der Waals surface area contributed by atoms with Crippen LogP contribution < -0.4 is 11.1 Å². The number of aromatic nitrogens is 1. The molecule has 1 amide bonds. The van der Waals surface area contributed by atoms with Gasteiger partial charge in [0.15, 0.2) is 5.84 Å². The maximum atomic E-state index is 11.8. The molecule has 1 atom stereocenters. The highest BCUT2D eigenvalue weighted by atomic mass is 16.4. The van der Waals surface area contributed by atoms with E-state index >= 15 is 0 Å². The minimum atomic E-state index is -0.491. The number of nitrogens with zero attached hydrogens (tertiary/aromatic N) is 2. The van der Waals surface area contributed by atoms with Crippen LogP contribution in [0, 0.1) is 6.92 Å². The average molecular weight is 236 g/mol. The van der Waals surface area contributed by atoms with E-state index in [4.69, 9.17) is 10.9 Å². The number of nitrogens with one attached hydrogen (secondary N) is 1. The predicted molar refractivity (Wildman–Crippen MR) is 63.9 cm³/mol. The Labute approximate surface area is 99.5 Å². The standard InChI is InChI=1S/C11H16N4O2/c1-3-8(10(12)15-17)14-11(16)9-6-4-5-7(2)13-9/h4-6,8,17H,3H2,1-2H3,(H2,12,15)(H,14,16). The molecule has 17 heavy (non-hydrogen) atoms. The van der Waals surface area contributed by atoms with E-state index in [-0.39, 0.29) is 11.7 Å². The van der Waals surface area contributed by atoms with Crippen molar-refractivity contribution < 1.29 is 10.0 Å². The molecule has 4 N–H and O–H groups in total. The normalized spacial score (nSPS) is 13.2. The molecular weight excluding hydrogens is 220 g/mol. The van der Waals surface area contributed by atoms with E-state index in [2.05, 4.69) is 15.5 Å². The summed E-state index contributed by atoms with van der Waals surface area (Å²) < 4.78 is 0. The van der Waals surface area contributed by atoms with E-state index in [0.717, 1.165) is 5.69 Å². The van der Waals surface area contributed by atoms with E-state index in [1.807, 2.05) is 6.92 Å². The zero-order valence-corrected chi connectivity index (χ0v) is 9.84. The Kier molecular flexibility index (Phi) is 4.45. The van der Waals surface area contributed by atoms with Gasteiger partial charge in [0.05, 0.1) is 6.04 Å². The van der Waals surface area contributed by atoms with Crippen LogP contribution in [-0.4, -0.2) is 28.0 Å². The van der Waals surface area contributed by atoms with Crippen molar-refractivity contribution in [2.45, 2.75) is 26.3 Å². The molecule has 6 nitrogen and oxygen atoms in total. The van der Waals surface area contributed by atoms with Gasteiger partial charge in [-0.3, -0.25) is 4.79 Å². The lowest BCUT2D eigenvalue weighted by Crippen LogP contribution is -2.44. The molecule has 1 rings (SSSR count). The summed E-state index contributed by atoms with van der Waals surface area (Å²) in [6.45, 7) is 3.63. The van der Waals surface area contributed by atoms with Gasteiger partial charge in [-0.25, -0.2) is 4.98 Å². The minimum Gasteiger partial charge on any atom is -0.409 e. The smallest absolute Gasteiger partial charge is 0.270 e. The summed E-state index contributed by atoms with van der Waals surface area (Å²) in [5, 5.41) is 14.1. The maximum Gasteiger partial charge on any atom is 0.270 e. The molecule has 1 unspecified atom stereocenters. The zero-order valence-electron chi connectivity index (χ0n) is 9.84. The van der Waals surface area contributed by atoms with Gasteiger partial charge in [-0.15, -0.1) is 0 Å². The third-order valence-electron chi connectivity index (χ3n) is 2.31. The summed E-state index contributed by atoms with van der Waals surface area (Å²) in [6.07, 6.45) is 0.535. The van der Waals surface area contributed by atoms with Crippen molar-refractivity contribution in [3.8, 4) is 0 Å². The van der Waals surface area contributed by atoms with Gasteiger partial charge in [-0.2, -0.15) is 0 Å². The van der Waals surface area contributed by atoms with Crippen molar-refractivity contribution in [3.63, 3.8) is 0 Å². The molecular formula is C11H16N4O2. The van der Waals surface area contributed by atoms with Crippen LogP contribution in [0.4, 0.5) is 0 Å². The summed E-state index contributed by atoms with van der Waals surface area (Å²) in [5.41, 5.74) is 6.52. The van der Waals surface area contributed by atoms with Crippen molar-refractivity contribution in [2.24, 2.45) is 10.9 Å². The van der Waals surface area contributed by atoms with Crippen LogP contribution in [0.5, 0.6) is 0 Å². The van der Waals surface area contributed by atoms with Gasteiger partial charge in [0.25, 0.3) is 5.91 Å². The number of nitrogens with two attached hydrogens (primary N) is 1. The largest absolute Gasteiger partial charge is 0.409 e. The number of oxime groups is 1. The van der Waals surface area contributed by atoms with Crippen LogP contribution in [-0.2, 0) is 0 Å². The van der Waals surface area contributed by atoms with Crippen molar-refractivity contribution in [2.75, 3.05) is 0 Å². The van der Waals surface area contributed by atoms with Gasteiger partial charge in [0.2, 0.25) is 0 Å². The second-order valence-corrected chi connectivity index (χ2v) is 3.62. The number of pyridine rings is 1. The van der Waals surface area contributed by atoms with Crippen LogP contribution in [0.1, 0.15) is 29.5 Å². The first-order valence-electron chi connectivity index (χ1n) is 5.30. The van der Waals surface area contributed by atoms with Crippen molar-refractivity contribution >= 4 is 11.7 Å². The molecule has 92 valence electrons. The highest BCUT2D eigenvalue weighted by Crippen LogP contribution is 2.00. The van der Waals surface area contributed by atoms with Crippen LogP contribution in [0.2, 0.25) is 0 Å². The van der Waals surface area contributed by atoms with E-state index in [1.165, 1.54) is 0 Å². The third-order valence-corrected chi connectivity index (χ3v) is 2.31. The molecule has 0 radical (unpaired) electrons. The zero-order chi connectivity index (χ0) is 12.8. The Morgan fingerprint density at radius 1 is 1.65 bits per heavy atom. The number of carbonyl (C=O) groups is 1. The highest BCUT2D eigenvalue weighted by Gasteiger charge is 2.16. The number of hydrogen-bond donors (Lipinski definition) is 3. The number of hydrogen-bond acceptors (Lipinski definition) is 4. The van der Waals surface area contributed by atoms with Crippen LogP contribution in [0.15, 0.2) is 23.4 Å². The SMILES string of the molecule is CCC(NC(=O)c1cccc(C)n1)/C(N)=N/O. The Hall–Kier alpha value is -2.11. The summed E-state index contributed by atoms with van der Waals surface area (Å²) in [6, 6.07) is 4.68. The highest BCUT2D eigenvalue weighted by molar-refractivity contribution is 5.96. The molecule has 0 fully saturated rings. The molecule has 1 heterocycles. The Bertz CT molecular complexity index is 431. The van der Waals surface area contributed by atoms with Gasteiger partial charge in [-0.05, 0) is 25.5 Å². The number of carbonyl (C=O) groups excluding carboxylic acids is 1. The molecule has 0 aliphatic rings. The first-order valence-corrected chi connectivity index (χ1v) is 5.30. The van der Waals surface area contributed by atoms with Crippen molar-refractivity contribution in [3.05, 3.63) is 29.6 Å². The van der Waals surface area contributed by atoms with E-state index in [1.54, 1.807) is 25.1 Å². The maximum absolute atomic E-state index is 11.8. The van der Waals surface area contributed by atoms with Gasteiger partial charge >= 0.3 is 0 Å². The number of amidine groups is 1. The number of aryl methyl sites for hydroxylation is 1. The average Bonchev–Trinajstić information content (AvgIpc) is 2.34. The quantitative estimate of drug-likeness (QED) is 0.309. The summed E-state index contributed by atoms with van der Waals surface area (Å²) in [4.78, 5) is 15.9. The van der Waals surface area contributed by atoms with Crippen LogP contribution in [0.25, 0.3) is 0 Å². The van der Waals surface area contributed by atoms with Gasteiger partial charge in [0.1, 0.15) is 5.69 Å². The molecule has 0 aromatic carbocycles. The van der Waals surface area contributed by atoms with E-state index in [9.17, 15) is 4.79 Å². The third kappa shape index (κ3) is 3.44. The van der Waals surface area contributed by atoms with E-state index in [0.29, 0.717) is 12.1 Å². The predicted octanol–water partition coefficient (Wildman–Crippen LogP) is 0.645. The fourth-order valence-corrected chi connectivity index (χ4v) is 1.36. The van der Waals surface area contributed by atoms with Crippen LogP contribution in [0.3, 0.4) is 0 Å². The summed E-state index contributed by atoms with van der Waals surface area (Å²) in [7, 11) is 0. The molecule has 1 aromatic rings. The minimum absolute atomic E-state index is 0.0199. The molecule has 0 aliphatic carbocycles. The topological polar surface area (TPSA) is 101 Å². The molecule has 1 aromatic heterocycles. The summed E-state index contributed by atoms with van der Waals surface area (Å²) >= 11 is 0. The Morgan fingerprint density at radius 2 is 2.35 bits per heavy atom. The molecule has 6 heteroatoms. The van der Waals surface area contributed by atoms with Gasteiger partial charge in [0, 0.05) is 5.69 Å². The lowest BCUT2D eigenvalue weighted by molar-refractivity contribution is 0.0940. The number of rotatable bonds is 4. The van der Waals surface area contributed by atoms with Crippen molar-refractivity contribution in [1.82, 2.24) is 10.3 Å². The fourth-order valence-electron chi connectivity index (χ4n) is 1.36. The molecule has 0 saturated heterocycles. The first kappa shape index (κ1) is 13.0. The monoisotopic (exact) mass is 236 g/mol.